The molecule has 0 aliphatic heterocycles. The number of rotatable bonds is 7. The second kappa shape index (κ2) is 8.94. The summed E-state index contributed by atoms with van der Waals surface area (Å²) in [6.45, 7) is 1.80. The summed E-state index contributed by atoms with van der Waals surface area (Å²) in [4.78, 5) is 0. The minimum Gasteiger partial charge on any atom is -0.453 e. The number of aliphatic hydroxyl groups is 1. The molecule has 0 saturated heterocycles. The molecule has 4 heteroatoms. The Balaban J connectivity index is 1.74. The zero-order valence-corrected chi connectivity index (χ0v) is 14.8. The zero-order valence-electron chi connectivity index (χ0n) is 14.0. The van der Waals surface area contributed by atoms with Crippen molar-refractivity contribution in [2.45, 2.75) is 44.6 Å². The van der Waals surface area contributed by atoms with Crippen LogP contribution >= 0.6 is 11.6 Å². The van der Waals surface area contributed by atoms with Crippen LogP contribution in [-0.2, 0) is 12.8 Å². The van der Waals surface area contributed by atoms with Gasteiger partial charge in [0, 0.05) is 23.4 Å². The van der Waals surface area contributed by atoms with Crippen molar-refractivity contribution in [2.24, 2.45) is 5.73 Å². The normalized spacial score (nSPS) is 13.2. The van der Waals surface area contributed by atoms with E-state index in [9.17, 15) is 0 Å². The molecular weight excluding hydrogens is 322 g/mol. The fraction of sp³-hybridized carbons (Fsp3) is 0.400. The lowest BCUT2D eigenvalue weighted by molar-refractivity contribution is 0.199. The Morgan fingerprint density at radius 3 is 2.62 bits per heavy atom. The molecule has 1 unspecified atom stereocenters. The number of hydrogen-bond donors (Lipinski definition) is 2. The van der Waals surface area contributed by atoms with Crippen molar-refractivity contribution in [3.05, 3.63) is 58.5 Å². The maximum Gasteiger partial charge on any atom is 0.177 e. The molecule has 1 aromatic carbocycles. The lowest BCUT2D eigenvalue weighted by atomic mass is 9.98. The Bertz CT molecular complexity index is 692. The van der Waals surface area contributed by atoms with E-state index in [0.29, 0.717) is 18.6 Å². The predicted molar refractivity (Wildman–Crippen MR) is 98.0 cm³/mol. The monoisotopic (exact) mass is 345 g/mol. The number of unbranched alkanes of at least 4 members (excludes halogenated alkanes) is 1. The Morgan fingerprint density at radius 1 is 1.17 bits per heavy atom. The molecule has 128 valence electrons. The van der Waals surface area contributed by atoms with Crippen LogP contribution in [0.4, 0.5) is 0 Å². The number of nitrogens with two attached hydrogens (primary N) is 1. The first-order chi connectivity index (χ1) is 11.5. The highest BCUT2D eigenvalue weighted by molar-refractivity contribution is 6.30. The molecular formula is C20H24ClNO2. The van der Waals surface area contributed by atoms with Gasteiger partial charge in [-0.15, -0.1) is 0 Å². The fourth-order valence-electron chi connectivity index (χ4n) is 2.25. The molecule has 2 aromatic rings. The topological polar surface area (TPSA) is 59.4 Å². The molecule has 0 aliphatic rings. The summed E-state index contributed by atoms with van der Waals surface area (Å²) in [6, 6.07) is 11.7. The largest absolute Gasteiger partial charge is 0.453 e. The van der Waals surface area contributed by atoms with Gasteiger partial charge in [0.1, 0.15) is 5.76 Å². The van der Waals surface area contributed by atoms with E-state index in [4.69, 9.17) is 26.9 Å². The Morgan fingerprint density at radius 2 is 1.92 bits per heavy atom. The highest BCUT2D eigenvalue weighted by atomic mass is 35.5. The van der Waals surface area contributed by atoms with Gasteiger partial charge in [0.2, 0.25) is 0 Å². The zero-order chi connectivity index (χ0) is 17.4. The van der Waals surface area contributed by atoms with E-state index in [1.807, 2.05) is 43.3 Å². The van der Waals surface area contributed by atoms with Crippen molar-refractivity contribution in [2.75, 3.05) is 6.61 Å². The summed E-state index contributed by atoms with van der Waals surface area (Å²) in [6.07, 6.45) is 4.19. The van der Waals surface area contributed by atoms with E-state index in [2.05, 4.69) is 11.8 Å². The number of benzene rings is 1. The quantitative estimate of drug-likeness (QED) is 0.590. The second-order valence-corrected chi connectivity index (χ2v) is 6.80. The summed E-state index contributed by atoms with van der Waals surface area (Å²) < 4.78 is 5.68. The summed E-state index contributed by atoms with van der Waals surface area (Å²) in [7, 11) is 0. The van der Waals surface area contributed by atoms with Crippen molar-refractivity contribution in [3.8, 4) is 11.8 Å². The predicted octanol–water partition coefficient (Wildman–Crippen LogP) is 3.95. The summed E-state index contributed by atoms with van der Waals surface area (Å²) in [5, 5.41) is 9.92. The Kier molecular flexibility index (Phi) is 6.93. The molecule has 0 amide bonds. The standard InChI is InChI=1S/C20H24ClNO2/c1-20(22,15-23)14-13-19-12-11-18(24-19)6-4-2-3-5-16-7-9-17(21)10-8-16/h7-12,23H,2-3,5,13-15,22H2,1H3. The first kappa shape index (κ1) is 18.6. The molecule has 0 bridgehead atoms. The minimum absolute atomic E-state index is 0.0337. The third kappa shape index (κ3) is 6.41. The molecule has 0 spiro atoms. The number of halogens is 1. The molecule has 0 aliphatic carbocycles. The van der Waals surface area contributed by atoms with Gasteiger partial charge < -0.3 is 15.3 Å². The first-order valence-corrected chi connectivity index (χ1v) is 8.58. The molecule has 24 heavy (non-hydrogen) atoms. The molecule has 1 aromatic heterocycles. The lowest BCUT2D eigenvalue weighted by Gasteiger charge is -2.20. The van der Waals surface area contributed by atoms with E-state index in [0.717, 1.165) is 30.0 Å². The average Bonchev–Trinajstić information content (AvgIpc) is 3.02. The van der Waals surface area contributed by atoms with E-state index in [1.54, 1.807) is 0 Å². The van der Waals surface area contributed by atoms with Crippen molar-refractivity contribution >= 4 is 11.6 Å². The molecule has 0 radical (unpaired) electrons. The van der Waals surface area contributed by atoms with Crippen LogP contribution in [0.5, 0.6) is 0 Å². The highest BCUT2D eigenvalue weighted by Gasteiger charge is 2.17. The molecule has 2 rings (SSSR count). The van der Waals surface area contributed by atoms with Gasteiger partial charge in [0.15, 0.2) is 5.76 Å². The first-order valence-electron chi connectivity index (χ1n) is 8.20. The SMILES string of the molecule is CC(N)(CO)CCc1ccc(C#CCCCc2ccc(Cl)cc2)o1. The Labute approximate surface area is 148 Å². The van der Waals surface area contributed by atoms with Gasteiger partial charge in [0.05, 0.1) is 6.61 Å². The van der Waals surface area contributed by atoms with Crippen molar-refractivity contribution < 1.29 is 9.52 Å². The van der Waals surface area contributed by atoms with Crippen LogP contribution in [0.1, 0.15) is 43.3 Å². The third-order valence-corrected chi connectivity index (χ3v) is 4.11. The van der Waals surface area contributed by atoms with Gasteiger partial charge in [-0.05, 0) is 61.9 Å². The molecule has 1 atom stereocenters. The molecule has 0 saturated carbocycles. The van der Waals surface area contributed by atoms with Crippen molar-refractivity contribution in [3.63, 3.8) is 0 Å². The van der Waals surface area contributed by atoms with Gasteiger partial charge >= 0.3 is 0 Å². The number of hydrogen-bond acceptors (Lipinski definition) is 3. The van der Waals surface area contributed by atoms with Gasteiger partial charge in [-0.25, -0.2) is 0 Å². The van der Waals surface area contributed by atoms with Gasteiger partial charge in [0.25, 0.3) is 0 Å². The van der Waals surface area contributed by atoms with Crippen LogP contribution in [0.2, 0.25) is 5.02 Å². The fourth-order valence-corrected chi connectivity index (χ4v) is 2.37. The van der Waals surface area contributed by atoms with Gasteiger partial charge in [-0.2, -0.15) is 0 Å². The van der Waals surface area contributed by atoms with Crippen molar-refractivity contribution in [1.82, 2.24) is 0 Å². The van der Waals surface area contributed by atoms with Crippen LogP contribution in [0.25, 0.3) is 0 Å². The van der Waals surface area contributed by atoms with Crippen LogP contribution < -0.4 is 5.73 Å². The van der Waals surface area contributed by atoms with Crippen LogP contribution in [0.15, 0.2) is 40.8 Å². The molecule has 3 N–H and O–H groups in total. The summed E-state index contributed by atoms with van der Waals surface area (Å²) in [5.41, 5.74) is 6.62. The number of aryl methyl sites for hydroxylation is 2. The van der Waals surface area contributed by atoms with Crippen LogP contribution in [-0.4, -0.2) is 17.3 Å². The maximum absolute atomic E-state index is 9.16. The third-order valence-electron chi connectivity index (χ3n) is 3.86. The number of aliphatic hydroxyl groups excluding tert-OH is 1. The van der Waals surface area contributed by atoms with E-state index in [-0.39, 0.29) is 6.61 Å². The molecule has 0 fully saturated rings. The lowest BCUT2D eigenvalue weighted by Crippen LogP contribution is -2.40. The average molecular weight is 346 g/mol. The number of furan rings is 1. The van der Waals surface area contributed by atoms with Gasteiger partial charge in [-0.3, -0.25) is 0 Å². The second-order valence-electron chi connectivity index (χ2n) is 6.36. The molecule has 3 nitrogen and oxygen atoms in total. The van der Waals surface area contributed by atoms with Crippen molar-refractivity contribution in [1.29, 1.82) is 0 Å². The van der Waals surface area contributed by atoms with Crippen LogP contribution in [0, 0.1) is 11.8 Å². The summed E-state index contributed by atoms with van der Waals surface area (Å²) in [5.74, 6) is 7.73. The van der Waals surface area contributed by atoms with E-state index < -0.39 is 5.54 Å². The highest BCUT2D eigenvalue weighted by Crippen LogP contribution is 2.14. The van der Waals surface area contributed by atoms with E-state index in [1.165, 1.54) is 5.56 Å². The Hall–Kier alpha value is -1.73. The van der Waals surface area contributed by atoms with Crippen LogP contribution in [0.3, 0.4) is 0 Å². The van der Waals surface area contributed by atoms with Gasteiger partial charge in [-0.1, -0.05) is 29.7 Å². The maximum atomic E-state index is 9.16. The molecule has 1 heterocycles. The smallest absolute Gasteiger partial charge is 0.177 e. The minimum atomic E-state index is -0.569. The van der Waals surface area contributed by atoms with E-state index >= 15 is 0 Å². The summed E-state index contributed by atoms with van der Waals surface area (Å²) >= 11 is 5.87.